The van der Waals surface area contributed by atoms with Crippen LogP contribution in [0, 0.1) is 17.8 Å². The molecule has 0 radical (unpaired) electrons. The van der Waals surface area contributed by atoms with Crippen LogP contribution < -0.4 is 38.3 Å². The molecule has 4 aliphatic rings. The molecule has 5 aromatic rings. The number of aromatic nitrogens is 8. The first-order chi connectivity index (χ1) is 45.0. The maximum Gasteiger partial charge on any atom is 0.409 e. The molecule has 41 heteroatoms. The summed E-state index contributed by atoms with van der Waals surface area (Å²) in [4.78, 5) is 161. The maximum atomic E-state index is 16.3. The third-order valence-electron chi connectivity index (χ3n) is 15.7. The zero-order chi connectivity index (χ0) is 68.7. The number of nitrogens with zero attached hydrogens (tertiary/aromatic N) is 8. The van der Waals surface area contributed by atoms with Crippen molar-refractivity contribution in [3.05, 3.63) is 64.9 Å². The van der Waals surface area contributed by atoms with Gasteiger partial charge in [-0.1, -0.05) is 32.9 Å². The number of carboxylic acids is 1. The number of hydrogen-bond donors (Lipinski definition) is 10. The Morgan fingerprint density at radius 2 is 1.61 bits per heavy atom. The molecule has 36 nitrogen and oxygen atoms in total. The second-order valence-corrected chi connectivity index (χ2v) is 28.7. The normalized spacial score (nSPS) is 25.8. The van der Waals surface area contributed by atoms with Gasteiger partial charge in [-0.15, -0.1) is 0 Å². The zero-order valence-electron chi connectivity index (χ0n) is 51.3. The van der Waals surface area contributed by atoms with Crippen LogP contribution in [0.3, 0.4) is 0 Å². The molecule has 13 atom stereocenters. The van der Waals surface area contributed by atoms with E-state index < -0.39 is 159 Å². The van der Waals surface area contributed by atoms with Gasteiger partial charge in [0.1, 0.15) is 55.1 Å². The van der Waals surface area contributed by atoms with E-state index in [4.69, 9.17) is 82.0 Å². The van der Waals surface area contributed by atoms with E-state index in [9.17, 15) is 52.9 Å². The van der Waals surface area contributed by atoms with Gasteiger partial charge in [0, 0.05) is 50.5 Å². The van der Waals surface area contributed by atoms with Crippen molar-refractivity contribution in [2.24, 2.45) is 23.5 Å². The largest absolute Gasteiger partial charge is 0.481 e. The number of aliphatic carboxylic acids is 1. The van der Waals surface area contributed by atoms with Crippen LogP contribution in [0.4, 0.5) is 25.6 Å². The number of primary amides is 1. The number of ether oxygens (including phenoxy) is 5. The molecular weight excluding hydrogens is 1340 g/mol. The van der Waals surface area contributed by atoms with Gasteiger partial charge in [0.2, 0.25) is 23.7 Å². The lowest BCUT2D eigenvalue weighted by Crippen LogP contribution is -2.46. The summed E-state index contributed by atoms with van der Waals surface area (Å²) in [5.41, 5.74) is 9.63. The summed E-state index contributed by atoms with van der Waals surface area (Å²) in [6.07, 6.45) is -8.36. The van der Waals surface area contributed by atoms with Crippen LogP contribution in [0.15, 0.2) is 48.0 Å². The van der Waals surface area contributed by atoms with Gasteiger partial charge in [0.25, 0.3) is 5.56 Å². The average molecular weight is 1410 g/mol. The van der Waals surface area contributed by atoms with E-state index in [2.05, 4.69) is 51.2 Å². The molecule has 6 amide bonds. The number of likely N-dealkylation sites (N-methyl/N-ethyl adjacent to an activating group) is 1. The Balaban J connectivity index is 0.752. The molecule has 4 aliphatic heterocycles. The number of ketones is 1. The molecule has 8 heterocycles. The smallest absolute Gasteiger partial charge is 0.409 e. The molecule has 516 valence electrons. The van der Waals surface area contributed by atoms with Crippen molar-refractivity contribution in [1.82, 2.24) is 59.9 Å². The van der Waals surface area contributed by atoms with Gasteiger partial charge >= 0.3 is 37.5 Å². The Morgan fingerprint density at radius 1 is 0.895 bits per heavy atom. The fourth-order valence-corrected chi connectivity index (χ4v) is 13.7. The number of carbonyl (C=O) groups is 8. The van der Waals surface area contributed by atoms with E-state index in [0.717, 1.165) is 10.9 Å². The highest BCUT2D eigenvalue weighted by Crippen LogP contribution is 2.58. The number of aromatic amines is 1. The van der Waals surface area contributed by atoms with Crippen molar-refractivity contribution in [3.63, 3.8) is 0 Å². The number of amides is 6. The number of nitrogens with one attached hydrogen (secondary N) is 5. The highest BCUT2D eigenvalue weighted by Gasteiger charge is 2.65. The Hall–Kier alpha value is -7.65. The third-order valence-corrected chi connectivity index (χ3v) is 18.8. The number of anilines is 2. The number of benzene rings is 1. The van der Waals surface area contributed by atoms with Crippen LogP contribution in [0.2, 0.25) is 0 Å². The van der Waals surface area contributed by atoms with Gasteiger partial charge in [-0.25, -0.2) is 33.9 Å². The van der Waals surface area contributed by atoms with Crippen LogP contribution in [-0.4, -0.2) is 202 Å². The standard InChI is InChI=1S/C54H70FN15O21P2S2/c1-26(2)38(65-34(72)11-13-58-46(76)27(3)16-35(73)74)32(71)17-29(6-5-12-59-52(57)79)47(77)64-30-9-7-28(8-10-30)19-84-53(80)68(4)14-15-83-36(75)18-31-39-44(61-23-60-31)69(24-62-39)50-42-43-54(89-50,21-85-42)22-87-93(82,95)90-41-37(55)33(20-86-92(81,94)91-43)88-49(41)70-25-63-40-45(70)66-51(56)67-48(40)78/h7-10,23-27,29,33,37-38,41-43,49-50H,5-6,11-22H2,1-4H3,(H,58,76)(H,64,77)(H,65,72)(H,73,74)(H,81,94)(H,82,95)(H3,57,59,79)(H3,56,66,67,78)/t27?,29-,33-,37-,38+,41-,42-,43+,49-,50-,54-,92?,93?/m1/s1. The lowest BCUT2D eigenvalue weighted by Gasteiger charge is -2.33. The summed E-state index contributed by atoms with van der Waals surface area (Å²) in [7, 11) is 1.43. The number of urea groups is 1. The molecule has 4 fully saturated rings. The molecule has 3 unspecified atom stereocenters. The number of halogens is 1. The number of hydrogen-bond acceptors (Lipinski definition) is 26. The first-order valence-electron chi connectivity index (χ1n) is 29.6. The van der Waals surface area contributed by atoms with E-state index in [1.807, 2.05) is 0 Å². The predicted molar refractivity (Wildman–Crippen MR) is 332 cm³/mol. The number of alkyl halides is 1. The van der Waals surface area contributed by atoms with E-state index in [1.165, 1.54) is 36.1 Å². The number of fused-ring (bicyclic) bond motifs is 4. The lowest BCUT2D eigenvalue weighted by atomic mass is 9.89. The number of nitrogen functional groups attached to an aromatic ring is 1. The van der Waals surface area contributed by atoms with Crippen molar-refractivity contribution in [3.8, 4) is 0 Å². The van der Waals surface area contributed by atoms with Crippen molar-refractivity contribution in [1.29, 1.82) is 0 Å². The molecule has 0 saturated carbocycles. The van der Waals surface area contributed by atoms with Crippen molar-refractivity contribution in [2.45, 2.75) is 121 Å². The van der Waals surface area contributed by atoms with Crippen LogP contribution in [-0.2, 0) is 107 Å². The minimum Gasteiger partial charge on any atom is -0.481 e. The first kappa shape index (κ1) is 71.6. The van der Waals surface area contributed by atoms with Gasteiger partial charge in [-0.05, 0) is 60.1 Å². The Morgan fingerprint density at radius 3 is 2.33 bits per heavy atom. The second kappa shape index (κ2) is 30.6. The van der Waals surface area contributed by atoms with Gasteiger partial charge in [0.15, 0.2) is 41.2 Å². The van der Waals surface area contributed by atoms with Crippen LogP contribution in [0.1, 0.15) is 76.6 Å². The topological polar surface area (TPSA) is 491 Å². The van der Waals surface area contributed by atoms with E-state index in [-0.39, 0.29) is 106 Å². The molecule has 0 spiro atoms. The number of H-pyrrole nitrogens is 1. The highest BCUT2D eigenvalue weighted by atomic mass is 32.5. The maximum absolute atomic E-state index is 16.3. The third kappa shape index (κ3) is 17.7. The summed E-state index contributed by atoms with van der Waals surface area (Å²) < 4.78 is 71.8. The molecule has 1 aromatic carbocycles. The molecule has 0 aliphatic carbocycles. The van der Waals surface area contributed by atoms with Crippen molar-refractivity contribution in [2.75, 3.05) is 64.2 Å². The summed E-state index contributed by atoms with van der Waals surface area (Å²) in [6.45, 7) is -6.04. The minimum atomic E-state index is -4.47. The molecule has 4 bridgehead atoms. The fourth-order valence-electron chi connectivity index (χ4n) is 10.8. The SMILES string of the molecule is CC(CC(=O)O)C(=O)NCCC(=O)N[C@H](C(=O)C[C@@H](CCCNC(N)=O)C(=O)Nc1ccc(COC(=O)N(C)CCOC(=O)Cc2ncnc3c2ncn3[C@@H]2O[C@@]34CO[C@@H]2[C@@H]3OP(O)(=S)OC[C@H]2O[C@@H](n3cnc5c(=O)[nH]c(N)nc53)[C@H](OP(O)(=S)OC4)[C@@H]2F)cc1)C(C)C. The number of Topliss-reactive ketones (excluding diaryl/α,β-unsaturated/α-hetero) is 1. The molecule has 4 aromatic heterocycles. The second-order valence-electron chi connectivity index (χ2n) is 23.1. The summed E-state index contributed by atoms with van der Waals surface area (Å²) >= 11 is 10.8. The lowest BCUT2D eigenvalue weighted by molar-refractivity contribution is -0.183. The fraction of sp³-hybridized carbons (Fsp3) is 0.556. The molecule has 9 rings (SSSR count). The number of esters is 1. The average Bonchev–Trinajstić information content (AvgIpc) is 1.57. The number of carbonyl (C=O) groups excluding carboxylic acids is 7. The van der Waals surface area contributed by atoms with Gasteiger partial charge in [-0.2, -0.15) is 4.98 Å². The van der Waals surface area contributed by atoms with Crippen molar-refractivity contribution < 1.29 is 99.4 Å². The van der Waals surface area contributed by atoms with Crippen molar-refractivity contribution >= 4 is 119 Å². The summed E-state index contributed by atoms with van der Waals surface area (Å²) in [5, 5.41) is 19.4. The van der Waals surface area contributed by atoms with Gasteiger partial charge in [-0.3, -0.25) is 56.7 Å². The van der Waals surface area contributed by atoms with Crippen LogP contribution in [0.5, 0.6) is 0 Å². The first-order valence-corrected chi connectivity index (χ1v) is 34.8. The summed E-state index contributed by atoms with van der Waals surface area (Å²) in [6, 6.07) is 4.56. The van der Waals surface area contributed by atoms with E-state index in [0.29, 0.717) is 11.3 Å². The Bertz CT molecular complexity index is 3870. The van der Waals surface area contributed by atoms with E-state index >= 15 is 4.39 Å². The Labute approximate surface area is 548 Å². The number of nitrogens with two attached hydrogens (primary N) is 2. The quantitative estimate of drug-likeness (QED) is 0.0208. The monoisotopic (exact) mass is 1410 g/mol. The van der Waals surface area contributed by atoms with Crippen LogP contribution in [0.25, 0.3) is 22.3 Å². The Kier molecular flexibility index (Phi) is 23.1. The minimum absolute atomic E-state index is 0.0863. The van der Waals surface area contributed by atoms with Crippen LogP contribution >= 0.6 is 13.4 Å². The zero-order valence-corrected chi connectivity index (χ0v) is 54.7. The van der Waals surface area contributed by atoms with Gasteiger partial charge < -0.3 is 85.3 Å². The molecule has 95 heavy (non-hydrogen) atoms. The summed E-state index contributed by atoms with van der Waals surface area (Å²) in [5.74, 6) is -6.34. The number of rotatable bonds is 26. The van der Waals surface area contributed by atoms with E-state index in [1.54, 1.807) is 38.1 Å². The molecule has 12 N–H and O–H groups in total. The number of carboxylic acid groups (broad SMARTS) is 1. The molecular formula is C54H70FN15O21P2S2. The highest BCUT2D eigenvalue weighted by molar-refractivity contribution is 8.07. The molecule has 4 saturated heterocycles. The number of imidazole rings is 2. The van der Waals surface area contributed by atoms with Gasteiger partial charge in [0.05, 0.1) is 63.6 Å². The predicted octanol–water partition coefficient (Wildman–Crippen LogP) is 0.769.